The van der Waals surface area contributed by atoms with Gasteiger partial charge in [-0.3, -0.25) is 10.8 Å². The summed E-state index contributed by atoms with van der Waals surface area (Å²) < 4.78 is 5.68. The highest BCUT2D eigenvalue weighted by molar-refractivity contribution is 6.45. The van der Waals surface area contributed by atoms with Crippen LogP contribution in [0.3, 0.4) is 0 Å². The summed E-state index contributed by atoms with van der Waals surface area (Å²) in [5.74, 6) is 0.444. The van der Waals surface area contributed by atoms with Crippen LogP contribution in [0.5, 0.6) is 5.75 Å². The molecule has 1 aromatic carbocycles. The number of nitrogens with one attached hydrogen (secondary N) is 2. The van der Waals surface area contributed by atoms with Crippen LogP contribution in [-0.2, 0) is 0 Å². The van der Waals surface area contributed by atoms with Crippen LogP contribution in [0.15, 0.2) is 29.4 Å². The molecule has 0 radical (unpaired) electrons. The number of rotatable bonds is 11. The van der Waals surface area contributed by atoms with E-state index in [2.05, 4.69) is 17.5 Å². The molecule has 0 unspecified atom stereocenters. The average Bonchev–Trinajstić information content (AvgIpc) is 2.55. The number of benzene rings is 1. The highest BCUT2D eigenvalue weighted by Gasteiger charge is 2.01. The molecule has 0 fully saturated rings. The molecular formula is C17H25N5O. The fourth-order valence-corrected chi connectivity index (χ4v) is 1.96. The minimum absolute atomic E-state index is 0.145. The molecule has 0 atom stereocenters. The van der Waals surface area contributed by atoms with E-state index < -0.39 is 0 Å². The van der Waals surface area contributed by atoms with E-state index in [1.54, 1.807) is 18.2 Å². The summed E-state index contributed by atoms with van der Waals surface area (Å²) in [6, 6.07) is 9.03. The number of nitrogens with zero attached hydrogens (tertiary/aromatic N) is 2. The fraction of sp³-hybridized carbons (Fsp3) is 0.471. The third-order valence-corrected chi connectivity index (χ3v) is 3.28. The number of ether oxygens (including phenoxy) is 1. The van der Waals surface area contributed by atoms with Gasteiger partial charge in [0.1, 0.15) is 11.8 Å². The maximum atomic E-state index is 8.75. The van der Waals surface area contributed by atoms with Gasteiger partial charge in [-0.25, -0.2) is 0 Å². The number of hydrogen-bond donors (Lipinski definition) is 3. The van der Waals surface area contributed by atoms with Gasteiger partial charge in [-0.05, 0) is 30.7 Å². The molecule has 0 aliphatic rings. The Balaban J connectivity index is 2.31. The zero-order valence-electron chi connectivity index (χ0n) is 13.6. The fourth-order valence-electron chi connectivity index (χ4n) is 1.96. The van der Waals surface area contributed by atoms with Gasteiger partial charge in [0, 0.05) is 0 Å². The van der Waals surface area contributed by atoms with E-state index in [0.717, 1.165) is 18.8 Å². The summed E-state index contributed by atoms with van der Waals surface area (Å²) in [6.45, 7) is 2.94. The SMILES string of the molecule is CCCCCCCCOc1ccc(N/N=C(\C#N)C(=N)N)cc1. The second-order valence-electron chi connectivity index (χ2n) is 5.24. The quantitative estimate of drug-likeness (QED) is 0.251. The Morgan fingerprint density at radius 3 is 2.48 bits per heavy atom. The largest absolute Gasteiger partial charge is 0.494 e. The monoisotopic (exact) mass is 315 g/mol. The molecule has 0 bridgehead atoms. The Morgan fingerprint density at radius 1 is 1.22 bits per heavy atom. The van der Waals surface area contributed by atoms with E-state index in [9.17, 15) is 0 Å². The summed E-state index contributed by atoms with van der Waals surface area (Å²) >= 11 is 0. The smallest absolute Gasteiger partial charge is 0.201 e. The lowest BCUT2D eigenvalue weighted by atomic mass is 10.1. The van der Waals surface area contributed by atoms with Crippen molar-refractivity contribution in [3.8, 4) is 11.8 Å². The predicted octanol–water partition coefficient (Wildman–Crippen LogP) is 3.65. The van der Waals surface area contributed by atoms with Crippen LogP contribution in [0.1, 0.15) is 45.4 Å². The van der Waals surface area contributed by atoms with Gasteiger partial charge in [0.25, 0.3) is 0 Å². The first-order valence-corrected chi connectivity index (χ1v) is 7.98. The minimum atomic E-state index is -0.362. The van der Waals surface area contributed by atoms with E-state index in [0.29, 0.717) is 5.69 Å². The van der Waals surface area contributed by atoms with Crippen molar-refractivity contribution in [2.45, 2.75) is 45.4 Å². The topological polar surface area (TPSA) is 107 Å². The van der Waals surface area contributed by atoms with Crippen molar-refractivity contribution >= 4 is 17.2 Å². The normalized spacial score (nSPS) is 10.9. The molecule has 0 heterocycles. The third-order valence-electron chi connectivity index (χ3n) is 3.28. The number of amidine groups is 1. The first kappa shape index (κ1) is 18.5. The highest BCUT2D eigenvalue weighted by atomic mass is 16.5. The minimum Gasteiger partial charge on any atom is -0.494 e. The van der Waals surface area contributed by atoms with Crippen molar-refractivity contribution in [3.05, 3.63) is 24.3 Å². The first-order valence-electron chi connectivity index (χ1n) is 7.98. The molecule has 124 valence electrons. The van der Waals surface area contributed by atoms with E-state index >= 15 is 0 Å². The molecule has 0 aliphatic heterocycles. The number of hydrazone groups is 1. The molecule has 0 aliphatic carbocycles. The van der Waals surface area contributed by atoms with Crippen molar-refractivity contribution in [2.75, 3.05) is 12.0 Å². The highest BCUT2D eigenvalue weighted by Crippen LogP contribution is 2.16. The number of nitriles is 1. The Hall–Kier alpha value is -2.55. The van der Waals surface area contributed by atoms with Gasteiger partial charge >= 0.3 is 0 Å². The van der Waals surface area contributed by atoms with Crippen molar-refractivity contribution in [3.63, 3.8) is 0 Å². The van der Waals surface area contributed by atoms with Gasteiger partial charge < -0.3 is 10.5 Å². The van der Waals surface area contributed by atoms with Crippen LogP contribution in [0.2, 0.25) is 0 Å². The molecule has 0 spiro atoms. The molecule has 0 amide bonds. The number of unbranched alkanes of at least 4 members (excludes halogenated alkanes) is 5. The standard InChI is InChI=1S/C17H25N5O/c1-2-3-4-5-6-7-12-23-15-10-8-14(9-11-15)21-22-16(13-18)17(19)20/h8-11,21H,2-7,12H2,1H3,(H3,19,20)/b22-16+. The summed E-state index contributed by atoms with van der Waals surface area (Å²) in [5, 5.41) is 19.7. The summed E-state index contributed by atoms with van der Waals surface area (Å²) in [4.78, 5) is 0. The molecule has 23 heavy (non-hydrogen) atoms. The van der Waals surface area contributed by atoms with Crippen LogP contribution >= 0.6 is 0 Å². The second-order valence-corrected chi connectivity index (χ2v) is 5.24. The van der Waals surface area contributed by atoms with Gasteiger partial charge in [-0.15, -0.1) is 0 Å². The molecule has 0 aromatic heterocycles. The number of hydrogen-bond acceptors (Lipinski definition) is 5. The van der Waals surface area contributed by atoms with Crippen LogP contribution < -0.4 is 15.9 Å². The van der Waals surface area contributed by atoms with E-state index in [1.807, 2.05) is 12.1 Å². The molecule has 0 saturated carbocycles. The number of anilines is 1. The summed E-state index contributed by atoms with van der Waals surface area (Å²) in [6.07, 6.45) is 7.43. The van der Waals surface area contributed by atoms with Gasteiger partial charge in [0.15, 0.2) is 5.84 Å². The lowest BCUT2D eigenvalue weighted by molar-refractivity contribution is 0.304. The molecule has 0 saturated heterocycles. The van der Waals surface area contributed by atoms with Crippen LogP contribution in [-0.4, -0.2) is 18.2 Å². The van der Waals surface area contributed by atoms with Crippen molar-refractivity contribution in [1.82, 2.24) is 0 Å². The summed E-state index contributed by atoms with van der Waals surface area (Å²) in [7, 11) is 0. The van der Waals surface area contributed by atoms with Crippen LogP contribution in [0.25, 0.3) is 0 Å². The van der Waals surface area contributed by atoms with Gasteiger partial charge in [0.2, 0.25) is 5.71 Å². The Morgan fingerprint density at radius 2 is 1.87 bits per heavy atom. The van der Waals surface area contributed by atoms with E-state index in [4.69, 9.17) is 21.1 Å². The Bertz CT molecular complexity index is 545. The summed E-state index contributed by atoms with van der Waals surface area (Å²) in [5.41, 5.74) is 8.46. The molecule has 1 aromatic rings. The Labute approximate surface area is 137 Å². The molecular weight excluding hydrogens is 290 g/mol. The maximum Gasteiger partial charge on any atom is 0.201 e. The zero-order valence-corrected chi connectivity index (χ0v) is 13.6. The first-order chi connectivity index (χ1) is 11.2. The van der Waals surface area contributed by atoms with Crippen LogP contribution in [0.4, 0.5) is 5.69 Å². The van der Waals surface area contributed by atoms with Crippen molar-refractivity contribution in [2.24, 2.45) is 10.8 Å². The molecule has 1 rings (SSSR count). The Kier molecular flexibility index (Phi) is 8.91. The third kappa shape index (κ3) is 7.86. The van der Waals surface area contributed by atoms with Gasteiger partial charge in [-0.1, -0.05) is 39.0 Å². The van der Waals surface area contributed by atoms with Crippen LogP contribution in [0, 0.1) is 16.7 Å². The van der Waals surface area contributed by atoms with E-state index in [-0.39, 0.29) is 11.5 Å². The van der Waals surface area contributed by atoms with Gasteiger partial charge in [-0.2, -0.15) is 10.4 Å². The predicted molar refractivity (Wildman–Crippen MR) is 93.9 cm³/mol. The maximum absolute atomic E-state index is 8.75. The lowest BCUT2D eigenvalue weighted by Crippen LogP contribution is -2.21. The van der Waals surface area contributed by atoms with Gasteiger partial charge in [0.05, 0.1) is 12.3 Å². The zero-order chi connectivity index (χ0) is 16.9. The molecule has 4 N–H and O–H groups in total. The van der Waals surface area contributed by atoms with E-state index in [1.165, 1.54) is 32.1 Å². The second kappa shape index (κ2) is 11.1. The lowest BCUT2D eigenvalue weighted by Gasteiger charge is -2.07. The molecule has 6 nitrogen and oxygen atoms in total. The van der Waals surface area contributed by atoms with Crippen molar-refractivity contribution < 1.29 is 4.74 Å². The number of nitrogens with two attached hydrogens (primary N) is 1. The average molecular weight is 315 g/mol. The van der Waals surface area contributed by atoms with Crippen molar-refractivity contribution in [1.29, 1.82) is 10.7 Å². The molecule has 6 heteroatoms.